The van der Waals surface area contributed by atoms with Crippen molar-refractivity contribution in [3.8, 4) is 0 Å². The summed E-state index contributed by atoms with van der Waals surface area (Å²) >= 11 is 0. The largest absolute Gasteiger partial charge is 0.380 e. The van der Waals surface area contributed by atoms with Crippen molar-refractivity contribution < 1.29 is 9.47 Å². The van der Waals surface area contributed by atoms with Gasteiger partial charge in [-0.05, 0) is 18.9 Å². The highest BCUT2D eigenvalue weighted by Crippen LogP contribution is 2.21. The summed E-state index contributed by atoms with van der Waals surface area (Å²) < 4.78 is 10.7. The van der Waals surface area contributed by atoms with Gasteiger partial charge in [0.2, 0.25) is 0 Å². The van der Waals surface area contributed by atoms with Gasteiger partial charge in [-0.2, -0.15) is 0 Å². The van der Waals surface area contributed by atoms with Crippen molar-refractivity contribution in [1.29, 1.82) is 0 Å². The minimum atomic E-state index is 0.424. The van der Waals surface area contributed by atoms with Gasteiger partial charge in [0.25, 0.3) is 0 Å². The van der Waals surface area contributed by atoms with E-state index in [-0.39, 0.29) is 0 Å². The molecule has 0 radical (unpaired) electrons. The molecule has 3 atom stereocenters. The Morgan fingerprint density at radius 1 is 1.54 bits per heavy atom. The van der Waals surface area contributed by atoms with Gasteiger partial charge in [-0.25, -0.2) is 0 Å². The fraction of sp³-hybridized carbons (Fsp3) is 1.00. The van der Waals surface area contributed by atoms with Gasteiger partial charge in [0.1, 0.15) is 0 Å². The maximum absolute atomic E-state index is 5.45. The third kappa shape index (κ3) is 2.42. The number of piperidine rings is 1. The molecule has 2 unspecified atom stereocenters. The number of methoxy groups -OCH3 is 1. The average molecular weight is 185 g/mol. The van der Waals surface area contributed by atoms with E-state index in [0.717, 1.165) is 19.7 Å². The lowest BCUT2D eigenvalue weighted by Crippen LogP contribution is -2.45. The Hall–Kier alpha value is -0.120. The molecule has 3 heteroatoms. The van der Waals surface area contributed by atoms with E-state index in [1.54, 1.807) is 0 Å². The molecule has 0 bridgehead atoms. The highest BCUT2D eigenvalue weighted by Gasteiger charge is 2.31. The lowest BCUT2D eigenvalue weighted by atomic mass is 9.96. The minimum absolute atomic E-state index is 0.424. The second kappa shape index (κ2) is 3.95. The van der Waals surface area contributed by atoms with Crippen molar-refractivity contribution in [1.82, 2.24) is 4.90 Å². The summed E-state index contributed by atoms with van der Waals surface area (Å²) in [5.41, 5.74) is 0. The van der Waals surface area contributed by atoms with E-state index in [1.165, 1.54) is 13.0 Å². The van der Waals surface area contributed by atoms with E-state index in [0.29, 0.717) is 18.1 Å². The highest BCUT2D eigenvalue weighted by molar-refractivity contribution is 4.82. The summed E-state index contributed by atoms with van der Waals surface area (Å²) in [6.45, 7) is 6.63. The molecule has 0 amide bonds. The molecule has 76 valence electrons. The number of hydrogen-bond acceptors (Lipinski definition) is 3. The summed E-state index contributed by atoms with van der Waals surface area (Å²) in [5, 5.41) is 0. The second-order valence-electron chi connectivity index (χ2n) is 4.26. The van der Waals surface area contributed by atoms with Gasteiger partial charge in [-0.1, -0.05) is 6.92 Å². The first-order valence-corrected chi connectivity index (χ1v) is 5.16. The monoisotopic (exact) mass is 185 g/mol. The second-order valence-corrected chi connectivity index (χ2v) is 4.26. The maximum Gasteiger partial charge on any atom is 0.0936 e. The van der Waals surface area contributed by atoms with Gasteiger partial charge >= 0.3 is 0 Å². The first kappa shape index (κ1) is 9.44. The zero-order chi connectivity index (χ0) is 9.26. The average Bonchev–Trinajstić information content (AvgIpc) is 2.92. The SMILES string of the molecule is COC1CN(C[C@@H]2CO2)CCC1C. The molecule has 0 aromatic rings. The third-order valence-electron chi connectivity index (χ3n) is 3.14. The number of epoxide rings is 1. The van der Waals surface area contributed by atoms with Crippen LogP contribution in [0.3, 0.4) is 0 Å². The van der Waals surface area contributed by atoms with Crippen LogP contribution >= 0.6 is 0 Å². The molecule has 0 aromatic carbocycles. The number of hydrogen-bond donors (Lipinski definition) is 0. The van der Waals surface area contributed by atoms with Crippen molar-refractivity contribution in [2.24, 2.45) is 5.92 Å². The normalized spacial score (nSPS) is 40.6. The quantitative estimate of drug-likeness (QED) is 0.606. The van der Waals surface area contributed by atoms with Gasteiger partial charge in [0, 0.05) is 20.2 Å². The van der Waals surface area contributed by atoms with Crippen LogP contribution in [0.1, 0.15) is 13.3 Å². The smallest absolute Gasteiger partial charge is 0.0936 e. The minimum Gasteiger partial charge on any atom is -0.380 e. The topological polar surface area (TPSA) is 25.0 Å². The molecule has 0 spiro atoms. The molecule has 0 saturated carbocycles. The van der Waals surface area contributed by atoms with Crippen LogP contribution in [0.2, 0.25) is 0 Å². The van der Waals surface area contributed by atoms with Gasteiger partial charge in [-0.15, -0.1) is 0 Å². The summed E-state index contributed by atoms with van der Waals surface area (Å²) in [7, 11) is 1.82. The molecular formula is C10H19NO2. The standard InChI is InChI=1S/C10H19NO2/c1-8-3-4-11(5-9-7-13-9)6-10(8)12-2/h8-10H,3-7H2,1-2H3/t8?,9-,10?/m1/s1. The summed E-state index contributed by atoms with van der Waals surface area (Å²) in [6.07, 6.45) is 2.20. The molecule has 2 aliphatic heterocycles. The van der Waals surface area contributed by atoms with Crippen LogP contribution in [0.25, 0.3) is 0 Å². The Bertz CT molecular complexity index is 170. The molecule has 3 nitrogen and oxygen atoms in total. The van der Waals surface area contributed by atoms with E-state index in [9.17, 15) is 0 Å². The van der Waals surface area contributed by atoms with E-state index < -0.39 is 0 Å². The van der Waals surface area contributed by atoms with E-state index >= 15 is 0 Å². The Labute approximate surface area is 80.0 Å². The zero-order valence-electron chi connectivity index (χ0n) is 8.53. The number of ether oxygens (including phenoxy) is 2. The fourth-order valence-corrected chi connectivity index (χ4v) is 2.03. The van der Waals surface area contributed by atoms with Crippen LogP contribution in [0, 0.1) is 5.92 Å². The van der Waals surface area contributed by atoms with Crippen LogP contribution in [-0.2, 0) is 9.47 Å². The number of rotatable bonds is 3. The van der Waals surface area contributed by atoms with Crippen molar-refractivity contribution in [2.45, 2.75) is 25.6 Å². The van der Waals surface area contributed by atoms with Crippen LogP contribution in [-0.4, -0.2) is 50.5 Å². The molecule has 2 heterocycles. The van der Waals surface area contributed by atoms with Gasteiger partial charge in [0.05, 0.1) is 18.8 Å². The molecular weight excluding hydrogens is 166 g/mol. The molecule has 2 fully saturated rings. The molecule has 0 aromatic heterocycles. The van der Waals surface area contributed by atoms with Crippen LogP contribution in [0.5, 0.6) is 0 Å². The summed E-state index contributed by atoms with van der Waals surface area (Å²) in [4.78, 5) is 2.46. The first-order chi connectivity index (χ1) is 6.29. The van der Waals surface area contributed by atoms with Gasteiger partial charge < -0.3 is 9.47 Å². The Morgan fingerprint density at radius 2 is 2.31 bits per heavy atom. The molecule has 0 N–H and O–H groups in total. The van der Waals surface area contributed by atoms with Gasteiger partial charge in [0.15, 0.2) is 0 Å². The van der Waals surface area contributed by atoms with Crippen molar-refractivity contribution >= 4 is 0 Å². The number of nitrogens with zero attached hydrogens (tertiary/aromatic N) is 1. The Balaban J connectivity index is 1.78. The predicted molar refractivity (Wildman–Crippen MR) is 50.8 cm³/mol. The first-order valence-electron chi connectivity index (χ1n) is 5.16. The maximum atomic E-state index is 5.45. The van der Waals surface area contributed by atoms with Crippen LogP contribution in [0.15, 0.2) is 0 Å². The van der Waals surface area contributed by atoms with E-state index in [2.05, 4.69) is 11.8 Å². The number of likely N-dealkylation sites (tertiary alicyclic amines) is 1. The fourth-order valence-electron chi connectivity index (χ4n) is 2.03. The van der Waals surface area contributed by atoms with Crippen molar-refractivity contribution in [3.63, 3.8) is 0 Å². The lowest BCUT2D eigenvalue weighted by Gasteiger charge is -2.35. The lowest BCUT2D eigenvalue weighted by molar-refractivity contribution is -0.00647. The molecule has 2 saturated heterocycles. The molecule has 2 rings (SSSR count). The predicted octanol–water partition coefficient (Wildman–Crippen LogP) is 0.742. The Kier molecular flexibility index (Phi) is 2.86. The van der Waals surface area contributed by atoms with Gasteiger partial charge in [-0.3, -0.25) is 4.90 Å². The van der Waals surface area contributed by atoms with Crippen molar-refractivity contribution in [3.05, 3.63) is 0 Å². The Morgan fingerprint density at radius 3 is 2.92 bits per heavy atom. The van der Waals surface area contributed by atoms with Crippen LogP contribution < -0.4 is 0 Å². The van der Waals surface area contributed by atoms with E-state index in [4.69, 9.17) is 9.47 Å². The summed E-state index contributed by atoms with van der Waals surface area (Å²) in [6, 6.07) is 0. The van der Waals surface area contributed by atoms with Crippen LogP contribution in [0.4, 0.5) is 0 Å². The van der Waals surface area contributed by atoms with E-state index in [1.807, 2.05) is 7.11 Å². The third-order valence-corrected chi connectivity index (χ3v) is 3.14. The molecule has 13 heavy (non-hydrogen) atoms. The zero-order valence-corrected chi connectivity index (χ0v) is 8.53. The molecule has 0 aliphatic carbocycles. The molecule has 2 aliphatic rings. The van der Waals surface area contributed by atoms with Crippen molar-refractivity contribution in [2.75, 3.05) is 33.4 Å². The summed E-state index contributed by atoms with van der Waals surface area (Å²) in [5.74, 6) is 0.710. The highest BCUT2D eigenvalue weighted by atomic mass is 16.6.